The van der Waals surface area contributed by atoms with Gasteiger partial charge in [-0.05, 0) is 105 Å². The van der Waals surface area contributed by atoms with Gasteiger partial charge in [-0.3, -0.25) is 9.59 Å². The summed E-state index contributed by atoms with van der Waals surface area (Å²) in [5, 5.41) is 6.00. The molecule has 0 spiro atoms. The SMILES string of the molecule is C=CC(=O)NC1CCCCN(S(=O)(=O)c2ccc(C(=O)NCC34CC5CC(CC(C5)C3)C4)cc2)C1. The van der Waals surface area contributed by atoms with Gasteiger partial charge in [-0.25, -0.2) is 8.42 Å². The first-order valence-electron chi connectivity index (χ1n) is 13.1. The van der Waals surface area contributed by atoms with Crippen LogP contribution in [0.2, 0.25) is 0 Å². The molecule has 1 atom stereocenters. The zero-order valence-electron chi connectivity index (χ0n) is 20.4. The maximum atomic E-state index is 13.3. The molecule has 5 fully saturated rings. The van der Waals surface area contributed by atoms with Gasteiger partial charge >= 0.3 is 0 Å². The number of nitrogens with zero attached hydrogens (tertiary/aromatic N) is 1. The molecule has 4 bridgehead atoms. The van der Waals surface area contributed by atoms with Gasteiger partial charge in [-0.2, -0.15) is 4.31 Å². The number of sulfonamides is 1. The number of benzene rings is 1. The van der Waals surface area contributed by atoms with Crippen LogP contribution in [0.4, 0.5) is 0 Å². The first-order valence-corrected chi connectivity index (χ1v) is 14.5. The third-order valence-corrected chi connectivity index (χ3v) is 10.6. The van der Waals surface area contributed by atoms with E-state index in [1.807, 2.05) is 0 Å². The average Bonchev–Trinajstić information content (AvgIpc) is 3.08. The van der Waals surface area contributed by atoms with E-state index in [4.69, 9.17) is 0 Å². The Hall–Kier alpha value is -2.19. The van der Waals surface area contributed by atoms with Gasteiger partial charge in [-0.15, -0.1) is 0 Å². The summed E-state index contributed by atoms with van der Waals surface area (Å²) in [5.41, 5.74) is 0.749. The predicted molar refractivity (Wildman–Crippen MR) is 134 cm³/mol. The third-order valence-electron chi connectivity index (χ3n) is 8.71. The van der Waals surface area contributed by atoms with E-state index in [0.29, 0.717) is 12.1 Å². The van der Waals surface area contributed by atoms with Crippen LogP contribution in [0.15, 0.2) is 41.8 Å². The van der Waals surface area contributed by atoms with Gasteiger partial charge in [0.15, 0.2) is 0 Å². The van der Waals surface area contributed by atoms with Crippen LogP contribution in [0.3, 0.4) is 0 Å². The maximum Gasteiger partial charge on any atom is 0.251 e. The van der Waals surface area contributed by atoms with Crippen LogP contribution < -0.4 is 10.6 Å². The molecule has 2 N–H and O–H groups in total. The summed E-state index contributed by atoms with van der Waals surface area (Å²) in [4.78, 5) is 24.8. The first-order chi connectivity index (χ1) is 16.8. The van der Waals surface area contributed by atoms with Crippen LogP contribution in [-0.2, 0) is 14.8 Å². The topological polar surface area (TPSA) is 95.6 Å². The summed E-state index contributed by atoms with van der Waals surface area (Å²) in [6, 6.07) is 6.02. The highest BCUT2D eigenvalue weighted by atomic mass is 32.2. The molecule has 1 unspecified atom stereocenters. The van der Waals surface area contributed by atoms with E-state index in [9.17, 15) is 18.0 Å². The molecule has 5 aliphatic rings. The highest BCUT2D eigenvalue weighted by molar-refractivity contribution is 7.89. The number of hydrogen-bond acceptors (Lipinski definition) is 4. The molecule has 35 heavy (non-hydrogen) atoms. The van der Waals surface area contributed by atoms with Gasteiger partial charge in [0.25, 0.3) is 5.91 Å². The van der Waals surface area contributed by atoms with E-state index in [-0.39, 0.29) is 34.7 Å². The molecule has 2 amide bonds. The number of carbonyl (C=O) groups excluding carboxylic acids is 2. The fraction of sp³-hybridized carbons (Fsp3) is 0.630. The van der Waals surface area contributed by atoms with Crippen molar-refractivity contribution in [2.75, 3.05) is 19.6 Å². The Bertz CT molecular complexity index is 1050. The highest BCUT2D eigenvalue weighted by Crippen LogP contribution is 2.59. The van der Waals surface area contributed by atoms with Crippen molar-refractivity contribution in [3.05, 3.63) is 42.5 Å². The Morgan fingerprint density at radius 3 is 2.26 bits per heavy atom. The van der Waals surface area contributed by atoms with E-state index < -0.39 is 10.0 Å². The van der Waals surface area contributed by atoms with Gasteiger partial charge in [0.1, 0.15) is 0 Å². The standard InChI is InChI=1S/C27H37N3O4S/c1-2-25(31)29-23-5-3-4-10-30(17-23)35(33,34)24-8-6-22(7-9-24)26(32)28-18-27-14-19-11-20(15-27)13-21(12-19)16-27/h2,6-9,19-21,23H,1,3-5,10-18H2,(H,28,32)(H,29,31). The van der Waals surface area contributed by atoms with E-state index in [0.717, 1.165) is 43.6 Å². The third kappa shape index (κ3) is 5.19. The number of nitrogens with one attached hydrogen (secondary N) is 2. The summed E-state index contributed by atoms with van der Waals surface area (Å²) in [6.45, 7) is 4.84. The van der Waals surface area contributed by atoms with Crippen LogP contribution in [-0.4, -0.2) is 50.2 Å². The number of carbonyl (C=O) groups is 2. The largest absolute Gasteiger partial charge is 0.351 e. The summed E-state index contributed by atoms with van der Waals surface area (Å²) in [5.74, 6) is 2.09. The van der Waals surface area contributed by atoms with Crippen LogP contribution >= 0.6 is 0 Å². The molecular formula is C27H37N3O4S. The predicted octanol–water partition coefficient (Wildman–Crippen LogP) is 3.48. The second-order valence-corrected chi connectivity index (χ2v) is 13.3. The van der Waals surface area contributed by atoms with Crippen molar-refractivity contribution < 1.29 is 18.0 Å². The monoisotopic (exact) mass is 499 g/mol. The van der Waals surface area contributed by atoms with Crippen molar-refractivity contribution >= 4 is 21.8 Å². The van der Waals surface area contributed by atoms with Crippen LogP contribution in [0.1, 0.15) is 68.1 Å². The van der Waals surface area contributed by atoms with E-state index >= 15 is 0 Å². The van der Waals surface area contributed by atoms with Gasteiger partial charge in [0, 0.05) is 31.2 Å². The van der Waals surface area contributed by atoms with Crippen molar-refractivity contribution in [2.24, 2.45) is 23.2 Å². The molecule has 1 aromatic rings. The van der Waals surface area contributed by atoms with Crippen molar-refractivity contribution in [1.82, 2.24) is 14.9 Å². The molecule has 7 nitrogen and oxygen atoms in total. The summed E-state index contributed by atoms with van der Waals surface area (Å²) >= 11 is 0. The van der Waals surface area contributed by atoms with Gasteiger partial charge in [0.05, 0.1) is 4.90 Å². The lowest BCUT2D eigenvalue weighted by atomic mass is 9.49. The molecule has 1 heterocycles. The van der Waals surface area contributed by atoms with Gasteiger partial charge in [-0.1, -0.05) is 13.0 Å². The lowest BCUT2D eigenvalue weighted by Crippen LogP contribution is -2.51. The van der Waals surface area contributed by atoms with Crippen molar-refractivity contribution in [2.45, 2.75) is 68.7 Å². The minimum atomic E-state index is -3.72. The molecule has 1 saturated heterocycles. The molecular weight excluding hydrogens is 462 g/mol. The maximum absolute atomic E-state index is 13.3. The molecule has 1 aromatic carbocycles. The molecule has 1 aliphatic heterocycles. The smallest absolute Gasteiger partial charge is 0.251 e. The minimum Gasteiger partial charge on any atom is -0.351 e. The number of amides is 2. The minimum absolute atomic E-state index is 0.133. The van der Waals surface area contributed by atoms with Gasteiger partial charge in [0.2, 0.25) is 15.9 Å². The fourth-order valence-corrected chi connectivity index (χ4v) is 9.03. The van der Waals surface area contributed by atoms with E-state index in [1.165, 1.54) is 61.0 Å². The number of rotatable bonds is 7. The quantitative estimate of drug-likeness (QED) is 0.562. The molecule has 8 heteroatoms. The Kier molecular flexibility index (Phi) is 6.79. The average molecular weight is 500 g/mol. The lowest BCUT2D eigenvalue weighted by Gasteiger charge is -2.56. The molecule has 4 aliphatic carbocycles. The molecule has 6 rings (SSSR count). The molecule has 4 saturated carbocycles. The van der Waals surface area contributed by atoms with Crippen LogP contribution in [0.25, 0.3) is 0 Å². The second kappa shape index (κ2) is 9.69. The Morgan fingerprint density at radius 2 is 1.66 bits per heavy atom. The Labute approximate surface area is 208 Å². The lowest BCUT2D eigenvalue weighted by molar-refractivity contribution is -0.117. The van der Waals surface area contributed by atoms with Crippen molar-refractivity contribution in [1.29, 1.82) is 0 Å². The van der Waals surface area contributed by atoms with Crippen molar-refractivity contribution in [3.8, 4) is 0 Å². The summed E-state index contributed by atoms with van der Waals surface area (Å²) in [7, 11) is -3.72. The van der Waals surface area contributed by atoms with E-state index in [2.05, 4.69) is 17.2 Å². The number of hydrogen-bond donors (Lipinski definition) is 2. The van der Waals surface area contributed by atoms with E-state index in [1.54, 1.807) is 12.1 Å². The van der Waals surface area contributed by atoms with Crippen LogP contribution in [0, 0.1) is 23.2 Å². The fourth-order valence-electron chi connectivity index (χ4n) is 7.51. The molecule has 0 radical (unpaired) electrons. The molecule has 190 valence electrons. The van der Waals surface area contributed by atoms with Crippen molar-refractivity contribution in [3.63, 3.8) is 0 Å². The normalized spacial score (nSPS) is 32.6. The Morgan fingerprint density at radius 1 is 1.03 bits per heavy atom. The highest BCUT2D eigenvalue weighted by Gasteiger charge is 2.50. The van der Waals surface area contributed by atoms with Gasteiger partial charge < -0.3 is 10.6 Å². The Balaban J connectivity index is 1.22. The zero-order valence-corrected chi connectivity index (χ0v) is 21.2. The first kappa shape index (κ1) is 24.5. The zero-order chi connectivity index (χ0) is 24.6. The summed E-state index contributed by atoms with van der Waals surface area (Å²) < 4.78 is 28.0. The second-order valence-electron chi connectivity index (χ2n) is 11.4. The summed E-state index contributed by atoms with van der Waals surface area (Å²) in [6.07, 6.45) is 11.4. The van der Waals surface area contributed by atoms with Crippen LogP contribution in [0.5, 0.6) is 0 Å². The molecule has 0 aromatic heterocycles.